The van der Waals surface area contributed by atoms with Gasteiger partial charge in [-0.15, -0.1) is 0 Å². The Morgan fingerprint density at radius 3 is 2.50 bits per heavy atom. The molecule has 138 valence electrons. The summed E-state index contributed by atoms with van der Waals surface area (Å²) in [5.41, 5.74) is 7.57. The van der Waals surface area contributed by atoms with Crippen molar-refractivity contribution in [3.05, 3.63) is 59.7 Å². The molecule has 2 aromatic carbocycles. The summed E-state index contributed by atoms with van der Waals surface area (Å²) in [7, 11) is 1.83. The van der Waals surface area contributed by atoms with Gasteiger partial charge in [0.1, 0.15) is 0 Å². The highest BCUT2D eigenvalue weighted by atomic mass is 16.7. The quantitative estimate of drug-likeness (QED) is 0.865. The number of nitrogens with zero attached hydrogens (tertiary/aromatic N) is 1. The van der Waals surface area contributed by atoms with Gasteiger partial charge in [-0.1, -0.05) is 30.3 Å². The zero-order chi connectivity index (χ0) is 18.7. The number of benzene rings is 2. The minimum absolute atomic E-state index is 0.0387. The van der Waals surface area contributed by atoms with E-state index in [1.165, 1.54) is 5.56 Å². The van der Waals surface area contributed by atoms with Crippen LogP contribution < -0.4 is 15.2 Å². The van der Waals surface area contributed by atoms with E-state index in [4.69, 9.17) is 15.2 Å². The molecule has 5 nitrogen and oxygen atoms in total. The minimum Gasteiger partial charge on any atom is -0.449 e. The van der Waals surface area contributed by atoms with Crippen LogP contribution in [0.5, 0.6) is 11.5 Å². The van der Waals surface area contributed by atoms with Crippen LogP contribution in [0, 0.1) is 0 Å². The van der Waals surface area contributed by atoms with Gasteiger partial charge >= 0.3 is 0 Å². The average molecular weight is 354 g/mol. The number of hydrogen-bond donors (Lipinski definition) is 1. The van der Waals surface area contributed by atoms with Gasteiger partial charge in [0.05, 0.1) is 0 Å². The average Bonchev–Trinajstić information content (AvgIpc) is 2.93. The predicted molar refractivity (Wildman–Crippen MR) is 101 cm³/mol. The first kappa shape index (κ1) is 18.3. The zero-order valence-corrected chi connectivity index (χ0v) is 15.6. The number of rotatable bonds is 6. The molecule has 0 aliphatic carbocycles. The van der Waals surface area contributed by atoms with E-state index in [1.54, 1.807) is 23.1 Å². The SMILES string of the molecule is CN(C(=O)c1ccc2c(c1)OC(C)(C)O2)C(CCN)Cc1ccccc1. The summed E-state index contributed by atoms with van der Waals surface area (Å²) < 4.78 is 11.4. The molecule has 1 amide bonds. The Morgan fingerprint density at radius 2 is 1.81 bits per heavy atom. The molecule has 0 radical (unpaired) electrons. The fraction of sp³-hybridized carbons (Fsp3) is 0.381. The lowest BCUT2D eigenvalue weighted by molar-refractivity contribution is -0.0431. The molecule has 2 aromatic rings. The van der Waals surface area contributed by atoms with Gasteiger partial charge in [-0.25, -0.2) is 0 Å². The maximum absolute atomic E-state index is 13.0. The predicted octanol–water partition coefficient (Wildman–Crippen LogP) is 3.23. The molecule has 0 saturated carbocycles. The van der Waals surface area contributed by atoms with E-state index >= 15 is 0 Å². The summed E-state index contributed by atoms with van der Waals surface area (Å²) in [6, 6.07) is 15.5. The molecule has 1 atom stereocenters. The summed E-state index contributed by atoms with van der Waals surface area (Å²) in [5, 5.41) is 0. The van der Waals surface area contributed by atoms with Crippen LogP contribution in [0.3, 0.4) is 0 Å². The first-order valence-electron chi connectivity index (χ1n) is 8.93. The molecule has 0 spiro atoms. The third-order valence-electron chi connectivity index (χ3n) is 4.58. The standard InChI is InChI=1S/C21H26N2O3/c1-21(2)25-18-10-9-16(14-19(18)26-21)20(24)23(3)17(11-12-22)13-15-7-5-4-6-8-15/h4-10,14,17H,11-13,22H2,1-3H3. The molecular weight excluding hydrogens is 328 g/mol. The van der Waals surface area contributed by atoms with Crippen molar-refractivity contribution >= 4 is 5.91 Å². The first-order chi connectivity index (χ1) is 12.4. The largest absolute Gasteiger partial charge is 0.449 e. The van der Waals surface area contributed by atoms with Crippen LogP contribution in [0.25, 0.3) is 0 Å². The van der Waals surface area contributed by atoms with Crippen LogP contribution in [-0.4, -0.2) is 36.2 Å². The van der Waals surface area contributed by atoms with Crippen molar-refractivity contribution < 1.29 is 14.3 Å². The van der Waals surface area contributed by atoms with Crippen molar-refractivity contribution in [3.8, 4) is 11.5 Å². The van der Waals surface area contributed by atoms with Crippen molar-refractivity contribution in [1.29, 1.82) is 0 Å². The van der Waals surface area contributed by atoms with Crippen LogP contribution in [0.4, 0.5) is 0 Å². The summed E-state index contributed by atoms with van der Waals surface area (Å²) in [4.78, 5) is 14.8. The Kier molecular flexibility index (Phi) is 5.18. The van der Waals surface area contributed by atoms with E-state index in [0.717, 1.165) is 12.8 Å². The molecule has 2 N–H and O–H groups in total. The summed E-state index contributed by atoms with van der Waals surface area (Å²) >= 11 is 0. The van der Waals surface area contributed by atoms with Crippen molar-refractivity contribution in [3.63, 3.8) is 0 Å². The molecular formula is C21H26N2O3. The molecule has 1 aliphatic rings. The van der Waals surface area contributed by atoms with Gasteiger partial charge in [-0.3, -0.25) is 4.79 Å². The van der Waals surface area contributed by atoms with E-state index in [2.05, 4.69) is 12.1 Å². The lowest BCUT2D eigenvalue weighted by atomic mass is 10.0. The second-order valence-corrected chi connectivity index (χ2v) is 7.10. The van der Waals surface area contributed by atoms with E-state index < -0.39 is 5.79 Å². The highest BCUT2D eigenvalue weighted by Crippen LogP contribution is 2.39. The van der Waals surface area contributed by atoms with E-state index in [0.29, 0.717) is 23.6 Å². The molecule has 0 fully saturated rings. The third kappa shape index (κ3) is 3.99. The van der Waals surface area contributed by atoms with Crippen molar-refractivity contribution in [2.75, 3.05) is 13.6 Å². The first-order valence-corrected chi connectivity index (χ1v) is 8.93. The number of ether oxygens (including phenoxy) is 2. The highest BCUT2D eigenvalue weighted by Gasteiger charge is 2.32. The fourth-order valence-electron chi connectivity index (χ4n) is 3.24. The van der Waals surface area contributed by atoms with Crippen LogP contribution >= 0.6 is 0 Å². The second kappa shape index (κ2) is 7.38. The number of hydrogen-bond acceptors (Lipinski definition) is 4. The monoisotopic (exact) mass is 354 g/mol. The summed E-state index contributed by atoms with van der Waals surface area (Å²) in [5.74, 6) is 0.519. The minimum atomic E-state index is -0.703. The number of amides is 1. The highest BCUT2D eigenvalue weighted by molar-refractivity contribution is 5.95. The lowest BCUT2D eigenvalue weighted by Gasteiger charge is -2.28. The van der Waals surface area contributed by atoms with Gasteiger partial charge in [0, 0.05) is 32.5 Å². The van der Waals surface area contributed by atoms with Gasteiger partial charge in [-0.05, 0) is 43.1 Å². The smallest absolute Gasteiger partial charge is 0.253 e. The van der Waals surface area contributed by atoms with Crippen molar-refractivity contribution in [2.24, 2.45) is 5.73 Å². The molecule has 0 bridgehead atoms. The van der Waals surface area contributed by atoms with Crippen molar-refractivity contribution in [1.82, 2.24) is 4.90 Å². The van der Waals surface area contributed by atoms with Gasteiger partial charge in [0.2, 0.25) is 5.79 Å². The Balaban J connectivity index is 1.77. The molecule has 0 aromatic heterocycles. The normalized spacial score (nSPS) is 15.5. The van der Waals surface area contributed by atoms with Gasteiger partial charge < -0.3 is 20.1 Å². The molecule has 5 heteroatoms. The molecule has 26 heavy (non-hydrogen) atoms. The van der Waals surface area contributed by atoms with Crippen LogP contribution in [-0.2, 0) is 6.42 Å². The second-order valence-electron chi connectivity index (χ2n) is 7.10. The number of carbonyl (C=O) groups excluding carboxylic acids is 1. The zero-order valence-electron chi connectivity index (χ0n) is 15.6. The Hall–Kier alpha value is -2.53. The number of carbonyl (C=O) groups is 1. The summed E-state index contributed by atoms with van der Waals surface area (Å²) in [6.45, 7) is 4.22. The van der Waals surface area contributed by atoms with Crippen LogP contribution in [0.1, 0.15) is 36.2 Å². The van der Waals surface area contributed by atoms with E-state index in [9.17, 15) is 4.79 Å². The molecule has 3 rings (SSSR count). The number of fused-ring (bicyclic) bond motifs is 1. The van der Waals surface area contributed by atoms with Gasteiger partial charge in [-0.2, -0.15) is 0 Å². The Labute approximate surface area is 154 Å². The van der Waals surface area contributed by atoms with Crippen LogP contribution in [0.15, 0.2) is 48.5 Å². The molecule has 0 saturated heterocycles. The van der Waals surface area contributed by atoms with E-state index in [1.807, 2.05) is 39.1 Å². The maximum atomic E-state index is 13.0. The molecule has 1 heterocycles. The lowest BCUT2D eigenvalue weighted by Crippen LogP contribution is -2.39. The maximum Gasteiger partial charge on any atom is 0.253 e. The number of nitrogens with two attached hydrogens (primary N) is 1. The fourth-order valence-corrected chi connectivity index (χ4v) is 3.24. The summed E-state index contributed by atoms with van der Waals surface area (Å²) in [6.07, 6.45) is 1.52. The van der Waals surface area contributed by atoms with Gasteiger partial charge in [0.15, 0.2) is 11.5 Å². The van der Waals surface area contributed by atoms with Crippen LogP contribution in [0.2, 0.25) is 0 Å². The Bertz CT molecular complexity index is 774. The molecule has 1 unspecified atom stereocenters. The molecule has 1 aliphatic heterocycles. The number of likely N-dealkylation sites (N-methyl/N-ethyl adjacent to an activating group) is 1. The van der Waals surface area contributed by atoms with E-state index in [-0.39, 0.29) is 11.9 Å². The Morgan fingerprint density at radius 1 is 1.12 bits per heavy atom. The van der Waals surface area contributed by atoms with Crippen molar-refractivity contribution in [2.45, 2.75) is 38.5 Å². The van der Waals surface area contributed by atoms with Gasteiger partial charge in [0.25, 0.3) is 5.91 Å². The topological polar surface area (TPSA) is 64.8 Å². The third-order valence-corrected chi connectivity index (χ3v) is 4.58.